The number of carbonyl (C=O) groups excluding carboxylic acids is 2. The number of aromatic nitrogens is 1. The molecule has 0 saturated carbocycles. The Morgan fingerprint density at radius 3 is 2.50 bits per heavy atom. The van der Waals surface area contributed by atoms with Crippen LogP contribution in [0.15, 0.2) is 48.7 Å². The topological polar surface area (TPSA) is 62.3 Å². The minimum absolute atomic E-state index is 0.102. The van der Waals surface area contributed by atoms with Gasteiger partial charge in [0.05, 0.1) is 0 Å². The molecular formula is C21H25N3O2. The van der Waals surface area contributed by atoms with Gasteiger partial charge in [0, 0.05) is 31.7 Å². The average Bonchev–Trinajstić information content (AvgIpc) is 2.68. The van der Waals surface area contributed by atoms with E-state index < -0.39 is 0 Å². The number of nitrogens with zero attached hydrogens (tertiary/aromatic N) is 2. The van der Waals surface area contributed by atoms with E-state index in [-0.39, 0.29) is 17.9 Å². The van der Waals surface area contributed by atoms with Gasteiger partial charge in [0.15, 0.2) is 0 Å². The van der Waals surface area contributed by atoms with Crippen molar-refractivity contribution in [1.82, 2.24) is 15.2 Å². The fourth-order valence-electron chi connectivity index (χ4n) is 3.19. The van der Waals surface area contributed by atoms with Gasteiger partial charge in [0.2, 0.25) is 5.91 Å². The minimum Gasteiger partial charge on any atom is -0.348 e. The number of amides is 2. The molecule has 3 rings (SSSR count). The Morgan fingerprint density at radius 2 is 1.85 bits per heavy atom. The Labute approximate surface area is 154 Å². The van der Waals surface area contributed by atoms with Crippen molar-refractivity contribution < 1.29 is 9.59 Å². The van der Waals surface area contributed by atoms with E-state index in [1.807, 2.05) is 4.90 Å². The second-order valence-electron chi connectivity index (χ2n) is 6.83. The van der Waals surface area contributed by atoms with Crippen LogP contribution in [0.4, 0.5) is 0 Å². The molecule has 1 aromatic heterocycles. The Balaban J connectivity index is 1.42. The van der Waals surface area contributed by atoms with Crippen molar-refractivity contribution in [2.75, 3.05) is 13.1 Å². The maximum Gasteiger partial charge on any atom is 0.270 e. The van der Waals surface area contributed by atoms with Gasteiger partial charge in [-0.15, -0.1) is 0 Å². The van der Waals surface area contributed by atoms with Crippen LogP contribution in [0.1, 0.15) is 40.9 Å². The Kier molecular flexibility index (Phi) is 6.00. The van der Waals surface area contributed by atoms with Crippen LogP contribution in [-0.4, -0.2) is 40.8 Å². The number of pyridine rings is 1. The van der Waals surface area contributed by atoms with E-state index in [2.05, 4.69) is 41.5 Å². The molecule has 136 valence electrons. The highest BCUT2D eigenvalue weighted by atomic mass is 16.2. The molecule has 0 radical (unpaired) electrons. The van der Waals surface area contributed by atoms with Crippen LogP contribution in [0.5, 0.6) is 0 Å². The summed E-state index contributed by atoms with van der Waals surface area (Å²) in [5.74, 6) is 0.0508. The van der Waals surface area contributed by atoms with Gasteiger partial charge >= 0.3 is 0 Å². The van der Waals surface area contributed by atoms with Crippen molar-refractivity contribution >= 4 is 11.8 Å². The lowest BCUT2D eigenvalue weighted by Crippen LogP contribution is -2.46. The van der Waals surface area contributed by atoms with Crippen molar-refractivity contribution in [1.29, 1.82) is 0 Å². The van der Waals surface area contributed by atoms with E-state index >= 15 is 0 Å². The van der Waals surface area contributed by atoms with Crippen molar-refractivity contribution in [2.45, 2.75) is 38.6 Å². The highest BCUT2D eigenvalue weighted by Gasteiger charge is 2.24. The maximum atomic E-state index is 12.4. The van der Waals surface area contributed by atoms with Gasteiger partial charge in [-0.2, -0.15) is 0 Å². The van der Waals surface area contributed by atoms with Gasteiger partial charge in [0.1, 0.15) is 5.69 Å². The summed E-state index contributed by atoms with van der Waals surface area (Å²) in [7, 11) is 0. The lowest BCUT2D eigenvalue weighted by Gasteiger charge is -2.32. The fourth-order valence-corrected chi connectivity index (χ4v) is 3.19. The standard InChI is InChI=1S/C21H25N3O2/c1-16-5-7-17(8-6-16)9-10-20(25)24-14-11-18(12-15-24)23-21(26)19-4-2-3-13-22-19/h2-8,13,18H,9-12,14-15H2,1H3,(H,23,26). The van der Waals surface area contributed by atoms with Gasteiger partial charge in [-0.1, -0.05) is 35.9 Å². The SMILES string of the molecule is Cc1ccc(CCC(=O)N2CCC(NC(=O)c3ccccn3)CC2)cc1. The molecule has 0 atom stereocenters. The van der Waals surface area contributed by atoms with Crippen LogP contribution in [0, 0.1) is 6.92 Å². The van der Waals surface area contributed by atoms with Gasteiger partial charge in [-0.3, -0.25) is 14.6 Å². The maximum absolute atomic E-state index is 12.4. The quantitative estimate of drug-likeness (QED) is 0.901. The zero-order chi connectivity index (χ0) is 18.4. The number of rotatable bonds is 5. The Bertz CT molecular complexity index is 736. The molecule has 26 heavy (non-hydrogen) atoms. The first-order valence-electron chi connectivity index (χ1n) is 9.17. The van der Waals surface area contributed by atoms with Crippen LogP contribution < -0.4 is 5.32 Å². The van der Waals surface area contributed by atoms with E-state index in [1.54, 1.807) is 24.4 Å². The summed E-state index contributed by atoms with van der Waals surface area (Å²) < 4.78 is 0. The minimum atomic E-state index is -0.144. The second-order valence-corrected chi connectivity index (χ2v) is 6.83. The summed E-state index contributed by atoms with van der Waals surface area (Å²) >= 11 is 0. The number of carbonyl (C=O) groups is 2. The number of piperidine rings is 1. The summed E-state index contributed by atoms with van der Waals surface area (Å²) in [6, 6.07) is 13.7. The molecule has 0 bridgehead atoms. The molecule has 5 heteroatoms. The largest absolute Gasteiger partial charge is 0.348 e. The molecule has 1 aliphatic heterocycles. The van der Waals surface area contributed by atoms with E-state index in [0.29, 0.717) is 25.2 Å². The first kappa shape index (κ1) is 18.1. The molecule has 1 aromatic carbocycles. The highest BCUT2D eigenvalue weighted by molar-refractivity contribution is 5.92. The number of nitrogens with one attached hydrogen (secondary N) is 1. The number of benzene rings is 1. The molecule has 5 nitrogen and oxygen atoms in total. The lowest BCUT2D eigenvalue weighted by atomic mass is 10.0. The molecule has 0 unspecified atom stereocenters. The van der Waals surface area contributed by atoms with Crippen LogP contribution in [0.3, 0.4) is 0 Å². The number of hydrogen-bond acceptors (Lipinski definition) is 3. The summed E-state index contributed by atoms with van der Waals surface area (Å²) in [5.41, 5.74) is 2.86. The van der Waals surface area contributed by atoms with Gasteiger partial charge in [-0.25, -0.2) is 0 Å². The summed E-state index contributed by atoms with van der Waals surface area (Å²) in [5, 5.41) is 3.02. The fraction of sp³-hybridized carbons (Fsp3) is 0.381. The van der Waals surface area contributed by atoms with Crippen molar-refractivity contribution in [3.8, 4) is 0 Å². The van der Waals surface area contributed by atoms with Crippen LogP contribution in [-0.2, 0) is 11.2 Å². The van der Waals surface area contributed by atoms with E-state index in [4.69, 9.17) is 0 Å². The zero-order valence-electron chi connectivity index (χ0n) is 15.1. The predicted octanol–water partition coefficient (Wildman–Crippen LogP) is 2.74. The van der Waals surface area contributed by atoms with Gasteiger partial charge in [-0.05, 0) is 43.9 Å². The van der Waals surface area contributed by atoms with Crippen LogP contribution >= 0.6 is 0 Å². The lowest BCUT2D eigenvalue weighted by molar-refractivity contribution is -0.132. The Morgan fingerprint density at radius 1 is 1.12 bits per heavy atom. The smallest absolute Gasteiger partial charge is 0.270 e. The molecule has 0 aliphatic carbocycles. The Hall–Kier alpha value is -2.69. The number of likely N-dealkylation sites (tertiary alicyclic amines) is 1. The van der Waals surface area contributed by atoms with Gasteiger partial charge in [0.25, 0.3) is 5.91 Å². The van der Waals surface area contributed by atoms with Crippen molar-refractivity contribution in [2.24, 2.45) is 0 Å². The summed E-state index contributed by atoms with van der Waals surface area (Å²) in [4.78, 5) is 30.6. The second kappa shape index (κ2) is 8.61. The third-order valence-electron chi connectivity index (χ3n) is 4.83. The molecule has 1 fully saturated rings. The average molecular weight is 351 g/mol. The summed E-state index contributed by atoms with van der Waals surface area (Å²) in [6.45, 7) is 3.45. The van der Waals surface area contributed by atoms with Crippen LogP contribution in [0.2, 0.25) is 0 Å². The molecule has 2 amide bonds. The molecule has 2 aromatic rings. The molecule has 1 saturated heterocycles. The summed E-state index contributed by atoms with van der Waals surface area (Å²) in [6.07, 6.45) is 4.50. The third kappa shape index (κ3) is 4.91. The third-order valence-corrected chi connectivity index (χ3v) is 4.83. The van der Waals surface area contributed by atoms with Gasteiger partial charge < -0.3 is 10.2 Å². The van der Waals surface area contributed by atoms with Crippen molar-refractivity contribution in [3.05, 3.63) is 65.5 Å². The molecule has 1 N–H and O–H groups in total. The molecular weight excluding hydrogens is 326 g/mol. The molecule has 2 heterocycles. The first-order chi connectivity index (χ1) is 12.6. The molecule has 0 spiro atoms. The normalized spacial score (nSPS) is 14.9. The molecule has 1 aliphatic rings. The number of aryl methyl sites for hydroxylation is 2. The van der Waals surface area contributed by atoms with E-state index in [1.165, 1.54) is 11.1 Å². The van der Waals surface area contributed by atoms with Crippen LogP contribution in [0.25, 0.3) is 0 Å². The zero-order valence-corrected chi connectivity index (χ0v) is 15.1. The van der Waals surface area contributed by atoms with E-state index in [0.717, 1.165) is 19.3 Å². The van der Waals surface area contributed by atoms with Crippen molar-refractivity contribution in [3.63, 3.8) is 0 Å². The highest BCUT2D eigenvalue weighted by Crippen LogP contribution is 2.14. The number of hydrogen-bond donors (Lipinski definition) is 1. The van der Waals surface area contributed by atoms with E-state index in [9.17, 15) is 9.59 Å². The first-order valence-corrected chi connectivity index (χ1v) is 9.17. The predicted molar refractivity (Wildman–Crippen MR) is 101 cm³/mol. The monoisotopic (exact) mass is 351 g/mol.